The predicted molar refractivity (Wildman–Crippen MR) is 163 cm³/mol. The third-order valence-corrected chi connectivity index (χ3v) is 7.51. The van der Waals surface area contributed by atoms with Crippen LogP contribution >= 0.6 is 0 Å². The lowest BCUT2D eigenvalue weighted by molar-refractivity contribution is -0.121. The summed E-state index contributed by atoms with van der Waals surface area (Å²) in [6.45, 7) is 9.72. The Hall–Kier alpha value is -4.88. The lowest BCUT2D eigenvalue weighted by atomic mass is 9.91. The summed E-state index contributed by atoms with van der Waals surface area (Å²) in [5.74, 6) is -1.30. The molecule has 0 spiro atoms. The van der Waals surface area contributed by atoms with Gasteiger partial charge >= 0.3 is 11.9 Å². The average molecular weight is 645 g/mol. The molecule has 0 bridgehead atoms. The molecule has 2 atom stereocenters. The molecule has 0 aromatic heterocycles. The van der Waals surface area contributed by atoms with Crippen LogP contribution < -0.4 is 39.1 Å². The molecule has 2 aliphatic rings. The number of benzene rings is 2. The van der Waals surface area contributed by atoms with E-state index in [2.05, 4.69) is 10.6 Å². The third-order valence-electron chi connectivity index (χ3n) is 7.51. The standard InChI is InChI=1S/C32H40N2O12/c1-15(2)21(33-17(5)35)11-41-31(37)19-9-23-27(45-13-43-23)29(39-7)25(19)26-20(10-24-28(30(26)40-8)46-14-44-24)32(38)42-12-22(16(3)4)34-18(6)36/h9-10,15-16,21-22H,11-14H2,1-8H3,(H,33,35)(H,34,36)/t21-,22-/m1/s1. The first-order valence-corrected chi connectivity index (χ1v) is 14.8. The number of rotatable bonds is 13. The Morgan fingerprint density at radius 1 is 0.674 bits per heavy atom. The van der Waals surface area contributed by atoms with Crippen LogP contribution in [-0.4, -0.2) is 76.9 Å². The minimum Gasteiger partial charge on any atom is -0.492 e. The van der Waals surface area contributed by atoms with Gasteiger partial charge in [-0.3, -0.25) is 9.59 Å². The third kappa shape index (κ3) is 7.16. The summed E-state index contributed by atoms with van der Waals surface area (Å²) >= 11 is 0. The summed E-state index contributed by atoms with van der Waals surface area (Å²) < 4.78 is 45.6. The topological polar surface area (TPSA) is 166 Å². The maximum atomic E-state index is 13.9. The van der Waals surface area contributed by atoms with Crippen LogP contribution in [0.25, 0.3) is 11.1 Å². The molecule has 0 aliphatic carbocycles. The van der Waals surface area contributed by atoms with Gasteiger partial charge in [0.2, 0.25) is 36.9 Å². The molecule has 0 fully saturated rings. The van der Waals surface area contributed by atoms with Gasteiger partial charge in [-0.2, -0.15) is 0 Å². The van der Waals surface area contributed by atoms with Crippen LogP contribution in [-0.2, 0) is 19.1 Å². The largest absolute Gasteiger partial charge is 0.492 e. The molecular weight excluding hydrogens is 604 g/mol. The first-order valence-electron chi connectivity index (χ1n) is 14.8. The minimum absolute atomic E-state index is 0.0454. The van der Waals surface area contributed by atoms with Crippen molar-refractivity contribution in [2.75, 3.05) is 41.0 Å². The molecule has 2 aromatic carbocycles. The lowest BCUT2D eigenvalue weighted by Gasteiger charge is -2.24. The molecule has 14 nitrogen and oxygen atoms in total. The Morgan fingerprint density at radius 3 is 1.35 bits per heavy atom. The Kier molecular flexibility index (Phi) is 10.7. The number of esters is 2. The van der Waals surface area contributed by atoms with E-state index in [0.717, 1.165) is 0 Å². The first kappa shape index (κ1) is 34.0. The molecule has 2 aliphatic heterocycles. The molecule has 2 N–H and O–H groups in total. The number of ether oxygens (including phenoxy) is 8. The monoisotopic (exact) mass is 644 g/mol. The Morgan fingerprint density at radius 2 is 1.04 bits per heavy atom. The van der Waals surface area contributed by atoms with E-state index in [9.17, 15) is 19.2 Å². The van der Waals surface area contributed by atoms with Gasteiger partial charge < -0.3 is 48.5 Å². The number of nitrogens with one attached hydrogen (secondary N) is 2. The van der Waals surface area contributed by atoms with Gasteiger partial charge in [0.15, 0.2) is 23.0 Å². The molecule has 0 unspecified atom stereocenters. The molecule has 250 valence electrons. The minimum atomic E-state index is -0.799. The van der Waals surface area contributed by atoms with Crippen molar-refractivity contribution in [2.24, 2.45) is 11.8 Å². The molecule has 4 rings (SSSR count). The van der Waals surface area contributed by atoms with Gasteiger partial charge in [-0.1, -0.05) is 27.7 Å². The summed E-state index contributed by atoms with van der Waals surface area (Å²) in [6.07, 6.45) is 0. The van der Waals surface area contributed by atoms with E-state index in [0.29, 0.717) is 0 Å². The highest BCUT2D eigenvalue weighted by atomic mass is 16.7. The van der Waals surface area contributed by atoms with Crippen molar-refractivity contribution >= 4 is 23.8 Å². The lowest BCUT2D eigenvalue weighted by Crippen LogP contribution is -2.41. The number of amides is 2. The highest BCUT2D eigenvalue weighted by Gasteiger charge is 2.37. The zero-order valence-electron chi connectivity index (χ0n) is 27.2. The van der Waals surface area contributed by atoms with Gasteiger partial charge in [-0.05, 0) is 24.0 Å². The van der Waals surface area contributed by atoms with Crippen LogP contribution in [0.15, 0.2) is 12.1 Å². The van der Waals surface area contributed by atoms with Gasteiger partial charge in [0, 0.05) is 25.0 Å². The van der Waals surface area contributed by atoms with Crippen molar-refractivity contribution in [2.45, 2.75) is 53.6 Å². The normalized spacial score (nSPS) is 14.0. The van der Waals surface area contributed by atoms with Crippen LogP contribution in [0.4, 0.5) is 0 Å². The van der Waals surface area contributed by atoms with Crippen LogP contribution in [0.2, 0.25) is 0 Å². The molecule has 0 saturated heterocycles. The fraction of sp³-hybridized carbons (Fsp3) is 0.500. The summed E-state index contributed by atoms with van der Waals surface area (Å²) in [5, 5.41) is 5.57. The number of fused-ring (bicyclic) bond motifs is 2. The zero-order valence-corrected chi connectivity index (χ0v) is 27.2. The van der Waals surface area contributed by atoms with Crippen molar-refractivity contribution in [3.8, 4) is 45.6 Å². The fourth-order valence-corrected chi connectivity index (χ4v) is 5.04. The number of hydrogen-bond acceptors (Lipinski definition) is 12. The van der Waals surface area contributed by atoms with E-state index in [1.165, 1.54) is 40.2 Å². The molecule has 2 aromatic rings. The Labute approximate surface area is 266 Å². The number of carbonyl (C=O) groups is 4. The Bertz CT molecular complexity index is 1390. The number of hydrogen-bond donors (Lipinski definition) is 2. The molecular formula is C32H40N2O12. The van der Waals surface area contributed by atoms with Crippen LogP contribution in [0.5, 0.6) is 34.5 Å². The van der Waals surface area contributed by atoms with E-state index < -0.39 is 24.0 Å². The molecule has 2 heterocycles. The van der Waals surface area contributed by atoms with E-state index in [-0.39, 0.29) is 107 Å². The predicted octanol–water partition coefficient (Wildman–Crippen LogP) is 3.46. The van der Waals surface area contributed by atoms with Crippen molar-refractivity contribution in [1.29, 1.82) is 0 Å². The van der Waals surface area contributed by atoms with Gasteiger partial charge in [-0.15, -0.1) is 0 Å². The second-order valence-corrected chi connectivity index (χ2v) is 11.4. The average Bonchev–Trinajstić information content (AvgIpc) is 3.68. The second-order valence-electron chi connectivity index (χ2n) is 11.4. The van der Waals surface area contributed by atoms with Crippen LogP contribution in [0, 0.1) is 11.8 Å². The summed E-state index contributed by atoms with van der Waals surface area (Å²) in [5.41, 5.74) is 0.0791. The van der Waals surface area contributed by atoms with E-state index in [1.807, 2.05) is 27.7 Å². The molecule has 46 heavy (non-hydrogen) atoms. The maximum Gasteiger partial charge on any atom is 0.339 e. The van der Waals surface area contributed by atoms with Crippen molar-refractivity contribution in [3.05, 3.63) is 23.3 Å². The molecule has 14 heteroatoms. The number of carbonyl (C=O) groups excluding carboxylic acids is 4. The summed E-state index contributed by atoms with van der Waals surface area (Å²) in [6, 6.07) is 1.92. The van der Waals surface area contributed by atoms with E-state index in [1.54, 1.807) is 0 Å². The summed E-state index contributed by atoms with van der Waals surface area (Å²) in [7, 11) is 2.75. The van der Waals surface area contributed by atoms with E-state index in [4.69, 9.17) is 37.9 Å². The van der Waals surface area contributed by atoms with E-state index >= 15 is 0 Å². The molecule has 0 saturated carbocycles. The van der Waals surface area contributed by atoms with Crippen molar-refractivity contribution < 1.29 is 57.1 Å². The quantitative estimate of drug-likeness (QED) is 0.306. The highest BCUT2D eigenvalue weighted by molar-refractivity contribution is 6.08. The van der Waals surface area contributed by atoms with Gasteiger partial charge in [-0.25, -0.2) is 9.59 Å². The number of methoxy groups -OCH3 is 2. The van der Waals surface area contributed by atoms with Crippen molar-refractivity contribution in [3.63, 3.8) is 0 Å². The Balaban J connectivity index is 1.88. The SMILES string of the molecule is COc1c2c(cc(C(=O)OC[C@@H](NC(C)=O)C(C)C)c1-c1c(C(=O)OC[C@@H](NC(C)=O)C(C)C)cc3c(c1OC)OCO3)OCO2. The van der Waals surface area contributed by atoms with Crippen LogP contribution in [0.1, 0.15) is 62.3 Å². The van der Waals surface area contributed by atoms with Gasteiger partial charge in [0.25, 0.3) is 0 Å². The molecule has 0 radical (unpaired) electrons. The maximum absolute atomic E-state index is 13.9. The van der Waals surface area contributed by atoms with Gasteiger partial charge in [0.05, 0.1) is 37.4 Å². The second kappa shape index (κ2) is 14.5. The van der Waals surface area contributed by atoms with Gasteiger partial charge in [0.1, 0.15) is 13.2 Å². The highest BCUT2D eigenvalue weighted by Crippen LogP contribution is 2.56. The zero-order chi connectivity index (χ0) is 33.7. The first-order chi connectivity index (χ1) is 21.9. The van der Waals surface area contributed by atoms with Crippen molar-refractivity contribution in [1.82, 2.24) is 10.6 Å². The molecule has 2 amide bonds. The smallest absolute Gasteiger partial charge is 0.339 e. The van der Waals surface area contributed by atoms with Crippen LogP contribution in [0.3, 0.4) is 0 Å². The summed E-state index contributed by atoms with van der Waals surface area (Å²) in [4.78, 5) is 51.3. The fourth-order valence-electron chi connectivity index (χ4n) is 5.04.